The summed E-state index contributed by atoms with van der Waals surface area (Å²) < 4.78 is 5.36. The maximum Gasteiger partial charge on any atom is 0.233 e. The summed E-state index contributed by atoms with van der Waals surface area (Å²) in [4.78, 5) is 13.2. The minimum absolute atomic E-state index is 0.0748. The molecule has 1 aliphatic heterocycles. The van der Waals surface area contributed by atoms with Crippen molar-refractivity contribution in [3.8, 4) is 0 Å². The van der Waals surface area contributed by atoms with Crippen LogP contribution in [0.3, 0.4) is 0 Å². The number of nitrogens with two attached hydrogens (primary N) is 1. The van der Waals surface area contributed by atoms with Gasteiger partial charge in [0.15, 0.2) is 0 Å². The van der Waals surface area contributed by atoms with Gasteiger partial charge in [-0.1, -0.05) is 0 Å². The molecular formula is C10H21N3O2. The van der Waals surface area contributed by atoms with Crippen LogP contribution in [0.4, 0.5) is 0 Å². The van der Waals surface area contributed by atoms with E-state index in [0.29, 0.717) is 6.42 Å². The highest BCUT2D eigenvalue weighted by atomic mass is 16.5. The normalized spacial score (nSPS) is 18.5. The van der Waals surface area contributed by atoms with E-state index in [0.717, 1.165) is 52.1 Å². The summed E-state index contributed by atoms with van der Waals surface area (Å²) in [7, 11) is 0. The van der Waals surface area contributed by atoms with E-state index >= 15 is 0 Å². The van der Waals surface area contributed by atoms with Gasteiger partial charge in [-0.25, -0.2) is 5.84 Å². The molecule has 5 heteroatoms. The van der Waals surface area contributed by atoms with Crippen molar-refractivity contribution in [1.82, 2.24) is 10.3 Å². The summed E-state index contributed by atoms with van der Waals surface area (Å²) in [5.74, 6) is 4.92. The molecule has 88 valence electrons. The van der Waals surface area contributed by atoms with Gasteiger partial charge in [0, 0.05) is 26.1 Å². The van der Waals surface area contributed by atoms with Crippen LogP contribution in [-0.2, 0) is 9.53 Å². The lowest BCUT2D eigenvalue weighted by Gasteiger charge is -2.18. The molecule has 0 radical (unpaired) electrons. The Morgan fingerprint density at radius 1 is 1.33 bits per heavy atom. The van der Waals surface area contributed by atoms with Crippen molar-refractivity contribution in [1.29, 1.82) is 0 Å². The Morgan fingerprint density at radius 3 is 3.00 bits per heavy atom. The Kier molecular flexibility index (Phi) is 6.31. The molecule has 3 N–H and O–H groups in total. The first-order chi connectivity index (χ1) is 7.33. The SMILES string of the molecule is NNC(=O)CCCCN1CCCOCC1. The summed E-state index contributed by atoms with van der Waals surface area (Å²) in [6.07, 6.45) is 3.60. The zero-order valence-electron chi connectivity index (χ0n) is 9.21. The predicted octanol–water partition coefficient (Wildman–Crippen LogP) is -0.131. The number of nitrogens with one attached hydrogen (secondary N) is 1. The fourth-order valence-corrected chi connectivity index (χ4v) is 1.71. The summed E-state index contributed by atoms with van der Waals surface area (Å²) in [6.45, 7) is 4.91. The van der Waals surface area contributed by atoms with Gasteiger partial charge in [-0.2, -0.15) is 0 Å². The molecule has 0 aliphatic carbocycles. The van der Waals surface area contributed by atoms with Gasteiger partial charge >= 0.3 is 0 Å². The number of unbranched alkanes of at least 4 members (excludes halogenated alkanes) is 1. The molecule has 0 unspecified atom stereocenters. The molecule has 1 rings (SSSR count). The molecular weight excluding hydrogens is 194 g/mol. The van der Waals surface area contributed by atoms with Crippen molar-refractivity contribution in [2.75, 3.05) is 32.8 Å². The Hall–Kier alpha value is -0.650. The van der Waals surface area contributed by atoms with E-state index in [9.17, 15) is 4.79 Å². The molecule has 0 bridgehead atoms. The van der Waals surface area contributed by atoms with Crippen LogP contribution in [0.1, 0.15) is 25.7 Å². The van der Waals surface area contributed by atoms with Crippen molar-refractivity contribution >= 4 is 5.91 Å². The van der Waals surface area contributed by atoms with E-state index < -0.39 is 0 Å². The fourth-order valence-electron chi connectivity index (χ4n) is 1.71. The van der Waals surface area contributed by atoms with Crippen LogP contribution >= 0.6 is 0 Å². The number of amides is 1. The lowest BCUT2D eigenvalue weighted by molar-refractivity contribution is -0.121. The van der Waals surface area contributed by atoms with Gasteiger partial charge in [0.2, 0.25) is 5.91 Å². The number of hydrogen-bond donors (Lipinski definition) is 2. The van der Waals surface area contributed by atoms with Crippen molar-refractivity contribution in [2.45, 2.75) is 25.7 Å². The Morgan fingerprint density at radius 2 is 2.20 bits per heavy atom. The largest absolute Gasteiger partial charge is 0.380 e. The van der Waals surface area contributed by atoms with Crippen molar-refractivity contribution in [2.24, 2.45) is 5.84 Å². The van der Waals surface area contributed by atoms with Gasteiger partial charge in [0.1, 0.15) is 0 Å². The number of hydrogen-bond acceptors (Lipinski definition) is 4. The monoisotopic (exact) mass is 215 g/mol. The number of carbonyl (C=O) groups is 1. The number of nitrogens with zero attached hydrogens (tertiary/aromatic N) is 1. The molecule has 0 atom stereocenters. The maximum absolute atomic E-state index is 10.8. The Labute approximate surface area is 90.9 Å². The number of hydrazine groups is 1. The number of ether oxygens (including phenoxy) is 1. The molecule has 0 saturated carbocycles. The molecule has 1 amide bonds. The van der Waals surface area contributed by atoms with Crippen LogP contribution in [0.2, 0.25) is 0 Å². The molecule has 5 nitrogen and oxygen atoms in total. The minimum Gasteiger partial charge on any atom is -0.380 e. The average Bonchev–Trinajstić information content (AvgIpc) is 2.52. The summed E-state index contributed by atoms with van der Waals surface area (Å²) in [5, 5.41) is 0. The van der Waals surface area contributed by atoms with Gasteiger partial charge in [-0.15, -0.1) is 0 Å². The van der Waals surface area contributed by atoms with Crippen molar-refractivity contribution < 1.29 is 9.53 Å². The second-order valence-corrected chi connectivity index (χ2v) is 3.83. The first-order valence-electron chi connectivity index (χ1n) is 5.62. The van der Waals surface area contributed by atoms with Gasteiger partial charge < -0.3 is 9.64 Å². The van der Waals surface area contributed by atoms with Crippen LogP contribution in [0, 0.1) is 0 Å². The zero-order chi connectivity index (χ0) is 10.9. The molecule has 15 heavy (non-hydrogen) atoms. The van der Waals surface area contributed by atoms with Crippen LogP contribution in [0.25, 0.3) is 0 Å². The summed E-state index contributed by atoms with van der Waals surface area (Å²) in [6, 6.07) is 0. The molecule has 0 aromatic carbocycles. The molecule has 0 aromatic heterocycles. The van der Waals surface area contributed by atoms with Gasteiger partial charge in [-0.05, 0) is 25.8 Å². The molecule has 0 aromatic rings. The van der Waals surface area contributed by atoms with Crippen molar-refractivity contribution in [3.05, 3.63) is 0 Å². The molecule has 1 aliphatic rings. The first kappa shape index (κ1) is 12.4. The van der Waals surface area contributed by atoms with E-state index in [4.69, 9.17) is 10.6 Å². The lowest BCUT2D eigenvalue weighted by atomic mass is 10.2. The van der Waals surface area contributed by atoms with Crippen LogP contribution in [-0.4, -0.2) is 43.7 Å². The molecule has 1 fully saturated rings. The summed E-state index contributed by atoms with van der Waals surface area (Å²) >= 11 is 0. The third-order valence-corrected chi connectivity index (χ3v) is 2.60. The predicted molar refractivity (Wildman–Crippen MR) is 58.1 cm³/mol. The highest BCUT2D eigenvalue weighted by molar-refractivity contribution is 5.74. The van der Waals surface area contributed by atoms with Crippen LogP contribution < -0.4 is 11.3 Å². The second kappa shape index (κ2) is 7.62. The van der Waals surface area contributed by atoms with Crippen LogP contribution in [0.5, 0.6) is 0 Å². The average molecular weight is 215 g/mol. The van der Waals surface area contributed by atoms with E-state index in [1.165, 1.54) is 0 Å². The molecule has 0 spiro atoms. The third-order valence-electron chi connectivity index (χ3n) is 2.60. The second-order valence-electron chi connectivity index (χ2n) is 3.83. The molecule has 1 heterocycles. The maximum atomic E-state index is 10.8. The lowest BCUT2D eigenvalue weighted by Crippen LogP contribution is -2.30. The quantitative estimate of drug-likeness (QED) is 0.290. The highest BCUT2D eigenvalue weighted by Gasteiger charge is 2.08. The van der Waals surface area contributed by atoms with Gasteiger partial charge in [-0.3, -0.25) is 10.2 Å². The third kappa shape index (κ3) is 5.71. The smallest absolute Gasteiger partial charge is 0.233 e. The highest BCUT2D eigenvalue weighted by Crippen LogP contribution is 2.03. The van der Waals surface area contributed by atoms with Crippen molar-refractivity contribution in [3.63, 3.8) is 0 Å². The van der Waals surface area contributed by atoms with Gasteiger partial charge in [0.25, 0.3) is 0 Å². The minimum atomic E-state index is -0.0748. The van der Waals surface area contributed by atoms with Gasteiger partial charge in [0.05, 0.1) is 6.61 Å². The standard InChI is InChI=1S/C10H21N3O2/c11-12-10(14)4-1-2-5-13-6-3-8-15-9-7-13/h1-9,11H2,(H,12,14). The first-order valence-corrected chi connectivity index (χ1v) is 5.62. The topological polar surface area (TPSA) is 67.6 Å². The van der Waals surface area contributed by atoms with E-state index in [-0.39, 0.29) is 5.91 Å². The number of carbonyl (C=O) groups excluding carboxylic acids is 1. The van der Waals surface area contributed by atoms with E-state index in [2.05, 4.69) is 10.3 Å². The van der Waals surface area contributed by atoms with E-state index in [1.807, 2.05) is 0 Å². The Bertz CT molecular complexity index is 180. The summed E-state index contributed by atoms with van der Waals surface area (Å²) in [5.41, 5.74) is 2.14. The van der Waals surface area contributed by atoms with E-state index in [1.54, 1.807) is 0 Å². The molecule has 1 saturated heterocycles. The zero-order valence-corrected chi connectivity index (χ0v) is 9.21. The fraction of sp³-hybridized carbons (Fsp3) is 0.900. The number of rotatable bonds is 5. The van der Waals surface area contributed by atoms with Crippen LogP contribution in [0.15, 0.2) is 0 Å². The Balaban J connectivity index is 2.00.